The molecule has 2 aromatic heterocycles. The van der Waals surface area contributed by atoms with E-state index in [4.69, 9.17) is 4.42 Å². The van der Waals surface area contributed by atoms with Gasteiger partial charge in [-0.05, 0) is 42.8 Å². The zero-order valence-electron chi connectivity index (χ0n) is 14.0. The van der Waals surface area contributed by atoms with Crippen molar-refractivity contribution in [2.24, 2.45) is 0 Å². The van der Waals surface area contributed by atoms with Crippen LogP contribution in [0.2, 0.25) is 0 Å². The van der Waals surface area contributed by atoms with Gasteiger partial charge in [0.05, 0.1) is 23.4 Å². The second-order valence-corrected chi connectivity index (χ2v) is 8.10. The summed E-state index contributed by atoms with van der Waals surface area (Å²) in [6, 6.07) is 8.00. The summed E-state index contributed by atoms with van der Waals surface area (Å²) in [4.78, 5) is 16.0. The lowest BCUT2D eigenvalue weighted by molar-refractivity contribution is -0.121. The largest absolute Gasteiger partial charge is 0.467 e. The maximum Gasteiger partial charge on any atom is 0.263 e. The average Bonchev–Trinajstić information content (AvgIpc) is 3.30. The second kappa shape index (κ2) is 8.31. The third-order valence-corrected chi connectivity index (χ3v) is 5.84. The Hall–Kier alpha value is -2.72. The Bertz CT molecular complexity index is 999. The van der Waals surface area contributed by atoms with Crippen LogP contribution in [-0.2, 0) is 27.8 Å². The van der Waals surface area contributed by atoms with E-state index in [1.807, 2.05) is 0 Å². The number of aromatic nitrogens is 1. The van der Waals surface area contributed by atoms with E-state index >= 15 is 0 Å². The molecular weight excluding hydrogens is 393 g/mol. The fraction of sp³-hybridized carbons (Fsp3) is 0.176. The quantitative estimate of drug-likeness (QED) is 0.596. The number of hydrogen-bond acceptors (Lipinski definition) is 6. The normalized spacial score (nSPS) is 11.3. The van der Waals surface area contributed by atoms with E-state index in [2.05, 4.69) is 15.0 Å². The second-order valence-electron chi connectivity index (χ2n) is 5.56. The molecule has 0 saturated carbocycles. The van der Waals surface area contributed by atoms with E-state index < -0.39 is 15.8 Å². The summed E-state index contributed by atoms with van der Waals surface area (Å²) < 4.78 is 44.9. The van der Waals surface area contributed by atoms with Crippen molar-refractivity contribution in [1.29, 1.82) is 0 Å². The minimum atomic E-state index is -3.84. The molecule has 1 amide bonds. The molecule has 0 bridgehead atoms. The van der Waals surface area contributed by atoms with E-state index in [1.54, 1.807) is 17.5 Å². The van der Waals surface area contributed by atoms with Crippen LogP contribution in [0, 0.1) is 5.82 Å². The number of halogens is 1. The number of rotatable bonds is 8. The topological polar surface area (TPSA) is 101 Å². The number of nitrogens with zero attached hydrogens (tertiary/aromatic N) is 1. The molecule has 3 rings (SSSR count). The van der Waals surface area contributed by atoms with Crippen molar-refractivity contribution in [1.82, 2.24) is 10.3 Å². The van der Waals surface area contributed by atoms with Crippen molar-refractivity contribution >= 4 is 32.4 Å². The summed E-state index contributed by atoms with van der Waals surface area (Å²) >= 11 is 1.12. The molecular formula is C17H16FN3O4S2. The van der Waals surface area contributed by atoms with Crippen molar-refractivity contribution in [3.05, 3.63) is 65.3 Å². The van der Waals surface area contributed by atoms with Gasteiger partial charge in [0, 0.05) is 11.8 Å². The zero-order chi connectivity index (χ0) is 19.3. The van der Waals surface area contributed by atoms with Gasteiger partial charge in [0.2, 0.25) is 5.91 Å². The molecule has 0 aliphatic rings. The Balaban J connectivity index is 1.52. The van der Waals surface area contributed by atoms with Crippen LogP contribution in [0.25, 0.3) is 0 Å². The molecule has 7 nitrogen and oxygen atoms in total. The average molecular weight is 409 g/mol. The van der Waals surface area contributed by atoms with Crippen LogP contribution in [0.3, 0.4) is 0 Å². The highest BCUT2D eigenvalue weighted by Gasteiger charge is 2.16. The number of carbonyl (C=O) groups is 1. The van der Waals surface area contributed by atoms with Crippen LogP contribution in [0.5, 0.6) is 0 Å². The molecule has 2 N–H and O–H groups in total. The molecule has 0 atom stereocenters. The first-order valence-electron chi connectivity index (χ1n) is 7.94. The van der Waals surface area contributed by atoms with E-state index in [0.717, 1.165) is 23.5 Å². The Labute approximate surface area is 159 Å². The summed E-state index contributed by atoms with van der Waals surface area (Å²) in [5.41, 5.74) is 0.602. The predicted molar refractivity (Wildman–Crippen MR) is 98.2 cm³/mol. The molecule has 0 aliphatic carbocycles. The summed E-state index contributed by atoms with van der Waals surface area (Å²) in [7, 11) is -3.84. The Morgan fingerprint density at radius 2 is 2.00 bits per heavy atom. The van der Waals surface area contributed by atoms with Crippen LogP contribution in [-0.4, -0.2) is 19.3 Å². The van der Waals surface area contributed by atoms with Crippen LogP contribution in [0.4, 0.5) is 9.52 Å². The van der Waals surface area contributed by atoms with Crippen molar-refractivity contribution in [3.63, 3.8) is 0 Å². The van der Waals surface area contributed by atoms with E-state index in [-0.39, 0.29) is 22.4 Å². The molecule has 0 fully saturated rings. The van der Waals surface area contributed by atoms with Gasteiger partial charge in [-0.15, -0.1) is 11.3 Å². The summed E-state index contributed by atoms with van der Waals surface area (Å²) in [5.74, 6) is -0.0156. The van der Waals surface area contributed by atoms with Gasteiger partial charge in [0.25, 0.3) is 10.0 Å². The number of benzene rings is 1. The molecule has 0 spiro atoms. The van der Waals surface area contributed by atoms with Gasteiger partial charge in [-0.2, -0.15) is 0 Å². The molecule has 1 aromatic carbocycles. The van der Waals surface area contributed by atoms with Crippen LogP contribution >= 0.6 is 11.3 Å². The van der Waals surface area contributed by atoms with E-state index in [0.29, 0.717) is 24.4 Å². The van der Waals surface area contributed by atoms with E-state index in [1.165, 1.54) is 18.4 Å². The predicted octanol–water partition coefficient (Wildman–Crippen LogP) is 2.93. The lowest BCUT2D eigenvalue weighted by Gasteiger charge is -2.04. The highest BCUT2D eigenvalue weighted by atomic mass is 32.2. The molecule has 0 unspecified atom stereocenters. The molecule has 0 saturated heterocycles. The smallest absolute Gasteiger partial charge is 0.263 e. The molecule has 3 aromatic rings. The first-order chi connectivity index (χ1) is 12.9. The molecule has 0 aliphatic heterocycles. The van der Waals surface area contributed by atoms with Gasteiger partial charge in [0.15, 0.2) is 5.13 Å². The maximum absolute atomic E-state index is 12.9. The number of nitrogens with one attached hydrogen (secondary N) is 2. The first kappa shape index (κ1) is 19.1. The molecule has 142 valence electrons. The number of carbonyl (C=O) groups excluding carboxylic acids is 1. The highest BCUT2D eigenvalue weighted by molar-refractivity contribution is 7.93. The highest BCUT2D eigenvalue weighted by Crippen LogP contribution is 2.21. The standard InChI is InChI=1S/C17H16FN3O4S2/c18-12-3-6-15(7-4-12)27(23,24)21-17-20-13(11-26-17)5-8-16(22)19-10-14-2-1-9-25-14/h1-4,6-7,9,11H,5,8,10H2,(H,19,22)(H,20,21). The van der Waals surface area contributed by atoms with Crippen molar-refractivity contribution < 1.29 is 22.0 Å². The van der Waals surface area contributed by atoms with Crippen LogP contribution in [0.1, 0.15) is 17.9 Å². The summed E-state index contributed by atoms with van der Waals surface area (Å²) in [6.45, 7) is 0.311. The number of thiazole rings is 1. The van der Waals surface area contributed by atoms with Crippen LogP contribution < -0.4 is 10.0 Å². The zero-order valence-corrected chi connectivity index (χ0v) is 15.6. The fourth-order valence-corrected chi connectivity index (χ4v) is 4.18. The van der Waals surface area contributed by atoms with Gasteiger partial charge < -0.3 is 9.73 Å². The molecule has 10 heteroatoms. The number of aryl methyl sites for hydroxylation is 1. The first-order valence-corrected chi connectivity index (χ1v) is 10.3. The molecule has 2 heterocycles. The van der Waals surface area contributed by atoms with Crippen molar-refractivity contribution in [2.75, 3.05) is 4.72 Å². The van der Waals surface area contributed by atoms with E-state index in [9.17, 15) is 17.6 Å². The number of hydrogen-bond donors (Lipinski definition) is 2. The van der Waals surface area contributed by atoms with Gasteiger partial charge in [-0.1, -0.05) is 0 Å². The van der Waals surface area contributed by atoms with Gasteiger partial charge in [-0.3, -0.25) is 9.52 Å². The molecule has 27 heavy (non-hydrogen) atoms. The molecule has 0 radical (unpaired) electrons. The Kier molecular flexibility index (Phi) is 5.87. The van der Waals surface area contributed by atoms with Gasteiger partial charge >= 0.3 is 0 Å². The lowest BCUT2D eigenvalue weighted by atomic mass is 10.2. The number of furan rings is 1. The minimum absolute atomic E-state index is 0.0575. The van der Waals surface area contributed by atoms with Gasteiger partial charge in [0.1, 0.15) is 11.6 Å². The lowest BCUT2D eigenvalue weighted by Crippen LogP contribution is -2.22. The fourth-order valence-electron chi connectivity index (χ4n) is 2.19. The van der Waals surface area contributed by atoms with Crippen LogP contribution in [0.15, 0.2) is 57.4 Å². The summed E-state index contributed by atoms with van der Waals surface area (Å²) in [6.07, 6.45) is 2.12. The van der Waals surface area contributed by atoms with Crippen molar-refractivity contribution in [2.45, 2.75) is 24.3 Å². The number of anilines is 1. The van der Waals surface area contributed by atoms with Gasteiger partial charge in [-0.25, -0.2) is 17.8 Å². The Morgan fingerprint density at radius 1 is 1.22 bits per heavy atom. The minimum Gasteiger partial charge on any atom is -0.467 e. The SMILES string of the molecule is O=C(CCc1csc(NS(=O)(=O)c2ccc(F)cc2)n1)NCc1ccco1. The number of amides is 1. The number of sulfonamides is 1. The summed E-state index contributed by atoms with van der Waals surface area (Å²) in [5, 5.41) is 4.60. The third kappa shape index (κ3) is 5.38. The van der Waals surface area contributed by atoms with Crippen molar-refractivity contribution in [3.8, 4) is 0 Å². The Morgan fingerprint density at radius 3 is 2.70 bits per heavy atom. The third-order valence-electron chi connectivity index (χ3n) is 3.55. The monoisotopic (exact) mass is 409 g/mol. The maximum atomic E-state index is 12.9.